The Hall–Kier alpha value is -5.60. The summed E-state index contributed by atoms with van der Waals surface area (Å²) in [6, 6.07) is 46.5. The van der Waals surface area contributed by atoms with Gasteiger partial charge in [-0.25, -0.2) is 0 Å². The summed E-state index contributed by atoms with van der Waals surface area (Å²) in [6.45, 7) is 9.43. The van der Waals surface area contributed by atoms with Crippen LogP contribution in [0.4, 0.5) is 0 Å². The molecule has 2 nitrogen and oxygen atoms in total. The maximum absolute atomic E-state index is 7.65. The molecule has 0 saturated carbocycles. The van der Waals surface area contributed by atoms with Crippen LogP contribution in [0.3, 0.4) is 0 Å². The number of benzene rings is 7. The molecule has 242 valence electrons. The summed E-state index contributed by atoms with van der Waals surface area (Å²) in [7, 11) is 1.74. The molecule has 2 heteroatoms. The molecular formula is C48H38O2. The first kappa shape index (κ1) is 29.3. The average Bonchev–Trinajstić information content (AvgIpc) is 3.53. The van der Waals surface area contributed by atoms with Gasteiger partial charge in [0.1, 0.15) is 11.5 Å². The van der Waals surface area contributed by atoms with Crippen molar-refractivity contribution in [2.75, 3.05) is 7.11 Å². The number of methoxy groups -OCH3 is 1. The molecule has 7 aromatic carbocycles. The zero-order chi connectivity index (χ0) is 34.0. The predicted molar refractivity (Wildman–Crippen MR) is 206 cm³/mol. The maximum Gasteiger partial charge on any atom is 0.178 e. The van der Waals surface area contributed by atoms with Crippen LogP contribution in [0.15, 0.2) is 133 Å². The molecule has 1 unspecified atom stereocenters. The van der Waals surface area contributed by atoms with Crippen LogP contribution in [0.5, 0.6) is 11.5 Å². The number of hydrogen-bond acceptors (Lipinski definition) is 2. The Bertz CT molecular complexity index is 2600. The Labute approximate surface area is 293 Å². The van der Waals surface area contributed by atoms with Crippen molar-refractivity contribution < 1.29 is 9.47 Å². The predicted octanol–water partition coefficient (Wildman–Crippen LogP) is 12.0. The van der Waals surface area contributed by atoms with E-state index in [2.05, 4.69) is 167 Å². The highest BCUT2D eigenvalue weighted by atomic mass is 16.5. The smallest absolute Gasteiger partial charge is 0.178 e. The van der Waals surface area contributed by atoms with Gasteiger partial charge in [0, 0.05) is 32.9 Å². The van der Waals surface area contributed by atoms with E-state index in [1.165, 1.54) is 60.7 Å². The van der Waals surface area contributed by atoms with Gasteiger partial charge in [-0.05, 0) is 103 Å². The van der Waals surface area contributed by atoms with Gasteiger partial charge in [-0.2, -0.15) is 0 Å². The molecule has 0 amide bonds. The van der Waals surface area contributed by atoms with Crippen LogP contribution in [-0.2, 0) is 16.4 Å². The normalized spacial score (nSPS) is 18.6. The summed E-state index contributed by atoms with van der Waals surface area (Å²) in [5, 5.41) is 4.81. The first-order valence-corrected chi connectivity index (χ1v) is 17.6. The molecular weight excluding hydrogens is 609 g/mol. The third-order valence-electron chi connectivity index (χ3n) is 11.9. The molecule has 1 aliphatic heterocycles. The fourth-order valence-corrected chi connectivity index (χ4v) is 9.37. The van der Waals surface area contributed by atoms with Crippen molar-refractivity contribution >= 4 is 27.6 Å². The standard InChI is InChI=1S/C48H38O2/c1-46(2)41-26-30-14-10-9-13-29(30)25-38(41)34-21-19-32(27-42(34)46)48(31-15-7-6-8-16-31)24-23-37-44-43(36-17-11-12-18-40(36)47(44,3)4)35-22-20-33(49-5)28-39(35)45(37)50-48/h6-28H,1-5H3. The molecule has 1 heterocycles. The second-order valence-corrected chi connectivity index (χ2v) is 15.2. The van der Waals surface area contributed by atoms with Gasteiger partial charge in [0.2, 0.25) is 0 Å². The molecule has 50 heavy (non-hydrogen) atoms. The molecule has 0 bridgehead atoms. The van der Waals surface area contributed by atoms with Gasteiger partial charge in [0.15, 0.2) is 5.60 Å². The molecule has 3 aliphatic rings. The van der Waals surface area contributed by atoms with Gasteiger partial charge >= 0.3 is 0 Å². The Kier molecular flexibility index (Phi) is 5.86. The Morgan fingerprint density at radius 3 is 2.06 bits per heavy atom. The lowest BCUT2D eigenvalue weighted by molar-refractivity contribution is 0.163. The average molecular weight is 647 g/mol. The lowest BCUT2D eigenvalue weighted by atomic mass is 9.76. The second-order valence-electron chi connectivity index (χ2n) is 15.2. The van der Waals surface area contributed by atoms with Gasteiger partial charge in [0.05, 0.1) is 7.11 Å². The highest BCUT2D eigenvalue weighted by Crippen LogP contribution is 2.59. The van der Waals surface area contributed by atoms with Crippen molar-refractivity contribution in [1.82, 2.24) is 0 Å². The molecule has 0 spiro atoms. The minimum atomic E-state index is -0.849. The molecule has 10 rings (SSSR count). The van der Waals surface area contributed by atoms with Crippen LogP contribution in [0, 0.1) is 0 Å². The first-order chi connectivity index (χ1) is 24.2. The van der Waals surface area contributed by atoms with Crippen LogP contribution >= 0.6 is 0 Å². The van der Waals surface area contributed by atoms with Crippen LogP contribution in [0.1, 0.15) is 66.6 Å². The van der Waals surface area contributed by atoms with Gasteiger partial charge in [0.25, 0.3) is 0 Å². The summed E-state index contributed by atoms with van der Waals surface area (Å²) in [5.41, 5.74) is 12.7. The van der Waals surface area contributed by atoms with Crippen molar-refractivity contribution in [1.29, 1.82) is 0 Å². The van der Waals surface area contributed by atoms with E-state index in [0.717, 1.165) is 33.6 Å². The van der Waals surface area contributed by atoms with Gasteiger partial charge in [-0.3, -0.25) is 0 Å². The van der Waals surface area contributed by atoms with E-state index in [0.29, 0.717) is 0 Å². The molecule has 7 aromatic rings. The Morgan fingerprint density at radius 2 is 1.26 bits per heavy atom. The van der Waals surface area contributed by atoms with E-state index in [1.54, 1.807) is 7.11 Å². The number of rotatable bonds is 3. The second kappa shape index (κ2) is 9.98. The highest BCUT2D eigenvalue weighted by Gasteiger charge is 2.45. The molecule has 0 aromatic heterocycles. The van der Waals surface area contributed by atoms with Crippen molar-refractivity contribution in [3.8, 4) is 33.8 Å². The van der Waals surface area contributed by atoms with E-state index in [1.807, 2.05) is 0 Å². The van der Waals surface area contributed by atoms with E-state index in [-0.39, 0.29) is 10.8 Å². The largest absolute Gasteiger partial charge is 0.497 e. The SMILES string of the molecule is COc1ccc2c3c(c4c(c2c1)OC(c1ccccc1)(c1ccc2c(c1)C(C)(C)c1cc5ccccc5cc1-2)C=C4)C(C)(C)c1ccccc1-3. The van der Waals surface area contributed by atoms with E-state index >= 15 is 0 Å². The third kappa shape index (κ3) is 3.74. The molecule has 0 saturated heterocycles. The van der Waals surface area contributed by atoms with Crippen molar-refractivity contribution in [3.05, 3.63) is 172 Å². The summed E-state index contributed by atoms with van der Waals surface area (Å²) >= 11 is 0. The third-order valence-corrected chi connectivity index (χ3v) is 11.9. The van der Waals surface area contributed by atoms with Gasteiger partial charge in [-0.15, -0.1) is 0 Å². The van der Waals surface area contributed by atoms with Crippen LogP contribution < -0.4 is 9.47 Å². The minimum absolute atomic E-state index is 0.171. The fourth-order valence-electron chi connectivity index (χ4n) is 9.37. The van der Waals surface area contributed by atoms with Crippen molar-refractivity contribution in [3.63, 3.8) is 0 Å². The van der Waals surface area contributed by atoms with Crippen LogP contribution in [0.25, 0.3) is 49.9 Å². The number of fused-ring (bicyclic) bond motifs is 12. The van der Waals surface area contributed by atoms with Gasteiger partial charge in [-0.1, -0.05) is 125 Å². The quantitative estimate of drug-likeness (QED) is 0.190. The molecule has 0 fully saturated rings. The monoisotopic (exact) mass is 646 g/mol. The lowest BCUT2D eigenvalue weighted by Gasteiger charge is -2.39. The molecule has 1 atom stereocenters. The van der Waals surface area contributed by atoms with Gasteiger partial charge < -0.3 is 9.47 Å². The zero-order valence-corrected chi connectivity index (χ0v) is 29.1. The summed E-state index contributed by atoms with van der Waals surface area (Å²) in [6.07, 6.45) is 4.65. The maximum atomic E-state index is 7.65. The van der Waals surface area contributed by atoms with E-state index in [9.17, 15) is 0 Å². The first-order valence-electron chi connectivity index (χ1n) is 17.6. The Morgan fingerprint density at radius 1 is 0.540 bits per heavy atom. The molecule has 0 N–H and O–H groups in total. The minimum Gasteiger partial charge on any atom is -0.497 e. The van der Waals surface area contributed by atoms with Crippen molar-refractivity contribution in [2.45, 2.75) is 44.1 Å². The zero-order valence-electron chi connectivity index (χ0n) is 29.1. The summed E-state index contributed by atoms with van der Waals surface area (Å²) in [5.74, 6) is 1.72. The van der Waals surface area contributed by atoms with E-state index < -0.39 is 5.60 Å². The number of hydrogen-bond donors (Lipinski definition) is 0. The summed E-state index contributed by atoms with van der Waals surface area (Å²) < 4.78 is 13.5. The van der Waals surface area contributed by atoms with Crippen molar-refractivity contribution in [2.24, 2.45) is 0 Å². The Balaban J connectivity index is 1.23. The molecule has 0 radical (unpaired) electrons. The van der Waals surface area contributed by atoms with Crippen LogP contribution in [0.2, 0.25) is 0 Å². The lowest BCUT2D eigenvalue weighted by Crippen LogP contribution is -2.35. The highest BCUT2D eigenvalue weighted by molar-refractivity contribution is 6.09. The topological polar surface area (TPSA) is 18.5 Å². The summed E-state index contributed by atoms with van der Waals surface area (Å²) in [4.78, 5) is 0. The van der Waals surface area contributed by atoms with Crippen LogP contribution in [-0.4, -0.2) is 7.11 Å². The fraction of sp³-hybridized carbons (Fsp3) is 0.167. The molecule has 2 aliphatic carbocycles. The van der Waals surface area contributed by atoms with E-state index in [4.69, 9.17) is 9.47 Å². The number of ether oxygens (including phenoxy) is 2.